The maximum absolute atomic E-state index is 8.35. The molecule has 62 valence electrons. The predicted octanol–water partition coefficient (Wildman–Crippen LogP) is 1.69. The van der Waals surface area contributed by atoms with Gasteiger partial charge >= 0.3 is 0 Å². The molecule has 1 heterocycles. The van der Waals surface area contributed by atoms with Crippen LogP contribution in [0.3, 0.4) is 0 Å². The van der Waals surface area contributed by atoms with Gasteiger partial charge in [-0.15, -0.1) is 0 Å². The minimum atomic E-state index is 0.750. The van der Waals surface area contributed by atoms with E-state index in [4.69, 9.17) is 14.9 Å². The average Bonchev–Trinajstić information content (AvgIpc) is 2.52. The van der Waals surface area contributed by atoms with E-state index >= 15 is 0 Å². The Balaban J connectivity index is 0.000000213. The Kier molecular flexibility index (Phi) is 3.05. The fourth-order valence-electron chi connectivity index (χ4n) is 1.10. The molecule has 12 heavy (non-hydrogen) atoms. The first-order valence-electron chi connectivity index (χ1n) is 3.64. The second kappa shape index (κ2) is 4.31. The lowest BCUT2D eigenvalue weighted by Crippen LogP contribution is -1.99. The molecule has 0 aromatic heterocycles. The van der Waals surface area contributed by atoms with Crippen LogP contribution in [0.2, 0.25) is 0 Å². The summed E-state index contributed by atoms with van der Waals surface area (Å²) in [5, 5.41) is 5.40. The molecule has 0 aromatic carbocycles. The molecule has 0 bridgehead atoms. The second-order valence-electron chi connectivity index (χ2n) is 2.29. The molecule has 0 saturated heterocycles. The smallest absolute Gasteiger partial charge is 0.231 e. The number of hydrogen-bond donors (Lipinski definition) is 1. The number of allylic oxidation sites excluding steroid dienone is 3. The van der Waals surface area contributed by atoms with Crippen molar-refractivity contribution in [3.63, 3.8) is 0 Å². The molecule has 0 radical (unpaired) electrons. The highest BCUT2D eigenvalue weighted by Crippen LogP contribution is 2.23. The third-order valence-electron chi connectivity index (χ3n) is 1.55. The first-order valence-corrected chi connectivity index (χ1v) is 3.64. The van der Waals surface area contributed by atoms with Crippen LogP contribution >= 0.6 is 0 Å². The average molecular weight is 163 g/mol. The fourth-order valence-corrected chi connectivity index (χ4v) is 1.10. The van der Waals surface area contributed by atoms with Gasteiger partial charge in [-0.3, -0.25) is 0 Å². The molecule has 0 amide bonds. The first-order chi connectivity index (χ1) is 5.88. The van der Waals surface area contributed by atoms with Crippen molar-refractivity contribution in [3.05, 3.63) is 35.6 Å². The molecule has 0 unspecified atom stereocenters. The SMILES string of the molecule is C1=CC2=CCCOC2=C1.N=C=O. The Morgan fingerprint density at radius 2 is 2.33 bits per heavy atom. The lowest BCUT2D eigenvalue weighted by molar-refractivity contribution is 0.219. The minimum Gasteiger partial charge on any atom is -0.493 e. The highest BCUT2D eigenvalue weighted by atomic mass is 16.5. The molecule has 0 aromatic rings. The highest BCUT2D eigenvalue weighted by molar-refractivity contribution is 5.45. The molecule has 0 fully saturated rings. The third-order valence-corrected chi connectivity index (χ3v) is 1.55. The number of isocyanates is 1. The van der Waals surface area contributed by atoms with Crippen molar-refractivity contribution in [2.75, 3.05) is 6.61 Å². The van der Waals surface area contributed by atoms with Crippen LogP contribution in [0.4, 0.5) is 0 Å². The zero-order chi connectivity index (χ0) is 8.81. The standard InChI is InChI=1S/C8H8O.CHNO/c1-3-7-4-2-6-9-8(7)5-1;2-1-3/h1,3-5H,2,6H2;2H. The summed E-state index contributed by atoms with van der Waals surface area (Å²) in [7, 11) is 0. The lowest BCUT2D eigenvalue weighted by Gasteiger charge is -2.12. The van der Waals surface area contributed by atoms with Crippen LogP contribution in [0, 0.1) is 5.41 Å². The Morgan fingerprint density at radius 3 is 3.00 bits per heavy atom. The molecule has 2 rings (SSSR count). The first kappa shape index (κ1) is 8.50. The van der Waals surface area contributed by atoms with Crippen molar-refractivity contribution >= 4 is 6.08 Å². The van der Waals surface area contributed by atoms with Gasteiger partial charge in [-0.25, -0.2) is 10.2 Å². The summed E-state index contributed by atoms with van der Waals surface area (Å²) < 4.78 is 5.33. The van der Waals surface area contributed by atoms with Gasteiger partial charge in [0.15, 0.2) is 0 Å². The van der Waals surface area contributed by atoms with E-state index in [-0.39, 0.29) is 0 Å². The number of nitrogens with one attached hydrogen (secondary N) is 1. The summed E-state index contributed by atoms with van der Waals surface area (Å²) in [6, 6.07) is 0. The van der Waals surface area contributed by atoms with Gasteiger partial charge in [-0.05, 0) is 6.08 Å². The van der Waals surface area contributed by atoms with E-state index in [9.17, 15) is 0 Å². The molecule has 1 N–H and O–H groups in total. The van der Waals surface area contributed by atoms with Crippen LogP contribution in [-0.2, 0) is 9.53 Å². The van der Waals surface area contributed by atoms with Crippen LogP contribution in [0.5, 0.6) is 0 Å². The Labute approximate surface area is 70.5 Å². The largest absolute Gasteiger partial charge is 0.493 e. The summed E-state index contributed by atoms with van der Waals surface area (Å²) in [4.78, 5) is 8.35. The molecule has 0 saturated carbocycles. The van der Waals surface area contributed by atoms with Crippen LogP contribution in [0.15, 0.2) is 35.6 Å². The Morgan fingerprint density at radius 1 is 1.58 bits per heavy atom. The zero-order valence-electron chi connectivity index (χ0n) is 6.54. The molecule has 0 atom stereocenters. The summed E-state index contributed by atoms with van der Waals surface area (Å²) in [5.74, 6) is 1.04. The topological polar surface area (TPSA) is 50.1 Å². The van der Waals surface area contributed by atoms with Gasteiger partial charge in [-0.1, -0.05) is 18.2 Å². The van der Waals surface area contributed by atoms with E-state index in [0.717, 1.165) is 24.9 Å². The number of rotatable bonds is 0. The normalized spacial score (nSPS) is 17.3. The molecular formula is C9H9NO2. The van der Waals surface area contributed by atoms with Crippen LogP contribution in [0.25, 0.3) is 0 Å². The fraction of sp³-hybridized carbons (Fsp3) is 0.222. The maximum Gasteiger partial charge on any atom is 0.231 e. The van der Waals surface area contributed by atoms with E-state index in [0.29, 0.717) is 0 Å². The molecular weight excluding hydrogens is 154 g/mol. The lowest BCUT2D eigenvalue weighted by atomic mass is 10.2. The van der Waals surface area contributed by atoms with Gasteiger partial charge < -0.3 is 4.74 Å². The maximum atomic E-state index is 8.35. The van der Waals surface area contributed by atoms with E-state index in [1.165, 1.54) is 5.57 Å². The number of carbonyl (C=O) groups excluding carboxylic acids is 1. The molecule has 0 spiro atoms. The molecule has 1 aliphatic carbocycles. The molecule has 3 nitrogen and oxygen atoms in total. The van der Waals surface area contributed by atoms with Crippen molar-refractivity contribution in [1.29, 1.82) is 5.41 Å². The number of hydrogen-bond acceptors (Lipinski definition) is 3. The molecule has 1 aliphatic heterocycles. The molecule has 3 heteroatoms. The quantitative estimate of drug-likeness (QED) is 0.436. The van der Waals surface area contributed by atoms with Crippen molar-refractivity contribution in [3.8, 4) is 0 Å². The van der Waals surface area contributed by atoms with E-state index in [1.807, 2.05) is 12.2 Å². The predicted molar refractivity (Wildman–Crippen MR) is 44.3 cm³/mol. The van der Waals surface area contributed by atoms with Crippen molar-refractivity contribution in [2.45, 2.75) is 6.42 Å². The second-order valence-corrected chi connectivity index (χ2v) is 2.29. The van der Waals surface area contributed by atoms with Crippen LogP contribution < -0.4 is 0 Å². The van der Waals surface area contributed by atoms with Gasteiger partial charge in [0.1, 0.15) is 5.76 Å². The Bertz CT molecular complexity index is 281. The number of fused-ring (bicyclic) bond motifs is 1. The van der Waals surface area contributed by atoms with Gasteiger partial charge in [0.05, 0.1) is 6.61 Å². The third kappa shape index (κ3) is 1.94. The van der Waals surface area contributed by atoms with Crippen molar-refractivity contribution in [2.24, 2.45) is 0 Å². The van der Waals surface area contributed by atoms with Crippen LogP contribution in [-0.4, -0.2) is 12.7 Å². The van der Waals surface area contributed by atoms with E-state index in [2.05, 4.69) is 12.2 Å². The zero-order valence-corrected chi connectivity index (χ0v) is 6.54. The minimum absolute atomic E-state index is 0.750. The summed E-state index contributed by atoms with van der Waals surface area (Å²) in [6.07, 6.45) is 10.1. The molecule has 2 aliphatic rings. The van der Waals surface area contributed by atoms with Crippen molar-refractivity contribution in [1.82, 2.24) is 0 Å². The van der Waals surface area contributed by atoms with Crippen molar-refractivity contribution < 1.29 is 9.53 Å². The highest BCUT2D eigenvalue weighted by Gasteiger charge is 2.10. The summed E-state index contributed by atoms with van der Waals surface area (Å²) in [5.41, 5.74) is 1.25. The summed E-state index contributed by atoms with van der Waals surface area (Å²) >= 11 is 0. The Hall–Kier alpha value is -1.60. The van der Waals surface area contributed by atoms with Gasteiger partial charge in [0.25, 0.3) is 0 Å². The van der Waals surface area contributed by atoms with Crippen LogP contribution in [0.1, 0.15) is 6.42 Å². The van der Waals surface area contributed by atoms with E-state index < -0.39 is 0 Å². The number of ether oxygens (including phenoxy) is 1. The van der Waals surface area contributed by atoms with E-state index in [1.54, 1.807) is 0 Å². The van der Waals surface area contributed by atoms with Gasteiger partial charge in [0.2, 0.25) is 6.08 Å². The summed E-state index contributed by atoms with van der Waals surface area (Å²) in [6.45, 7) is 0.844. The monoisotopic (exact) mass is 163 g/mol. The van der Waals surface area contributed by atoms with Gasteiger partial charge in [-0.2, -0.15) is 0 Å². The van der Waals surface area contributed by atoms with Gasteiger partial charge in [0, 0.05) is 12.0 Å².